The van der Waals surface area contributed by atoms with Crippen LogP contribution in [-0.4, -0.2) is 11.5 Å². The van der Waals surface area contributed by atoms with E-state index in [1.54, 1.807) is 12.1 Å². The van der Waals surface area contributed by atoms with Crippen molar-refractivity contribution in [2.24, 2.45) is 5.92 Å². The number of pyridine rings is 1. The van der Waals surface area contributed by atoms with E-state index in [4.69, 9.17) is 16.3 Å². The van der Waals surface area contributed by atoms with Crippen LogP contribution in [0, 0.1) is 5.92 Å². The van der Waals surface area contributed by atoms with E-state index in [0.29, 0.717) is 16.8 Å². The third-order valence-electron chi connectivity index (χ3n) is 2.72. The van der Waals surface area contributed by atoms with E-state index in [-0.39, 0.29) is 0 Å². The average molecular weight is 291 g/mol. The van der Waals surface area contributed by atoms with E-state index in [9.17, 15) is 0 Å². The first kappa shape index (κ1) is 14.8. The number of aromatic nitrogens is 1. The molecule has 106 valence electrons. The van der Waals surface area contributed by atoms with Gasteiger partial charge in [0, 0.05) is 23.8 Å². The fourth-order valence-corrected chi connectivity index (χ4v) is 1.83. The van der Waals surface area contributed by atoms with Crippen molar-refractivity contribution in [3.05, 3.63) is 53.2 Å². The maximum atomic E-state index is 5.83. The van der Waals surface area contributed by atoms with Crippen molar-refractivity contribution in [1.82, 2.24) is 10.3 Å². The predicted molar refractivity (Wildman–Crippen MR) is 82.3 cm³/mol. The molecule has 1 aromatic heterocycles. The van der Waals surface area contributed by atoms with Gasteiger partial charge in [-0.05, 0) is 42.3 Å². The Morgan fingerprint density at radius 2 is 1.90 bits per heavy atom. The quantitative estimate of drug-likeness (QED) is 0.862. The highest BCUT2D eigenvalue weighted by Crippen LogP contribution is 2.21. The molecule has 0 bridgehead atoms. The van der Waals surface area contributed by atoms with Crippen LogP contribution in [0.15, 0.2) is 42.6 Å². The lowest BCUT2D eigenvalue weighted by Gasteiger charge is -2.08. The fourth-order valence-electron chi connectivity index (χ4n) is 1.70. The zero-order valence-electron chi connectivity index (χ0n) is 11.8. The number of ether oxygens (including phenoxy) is 1. The third-order valence-corrected chi connectivity index (χ3v) is 2.97. The molecule has 0 fully saturated rings. The zero-order chi connectivity index (χ0) is 14.4. The van der Waals surface area contributed by atoms with Gasteiger partial charge >= 0.3 is 0 Å². The highest BCUT2D eigenvalue weighted by Gasteiger charge is 2.00. The maximum absolute atomic E-state index is 5.83. The van der Waals surface area contributed by atoms with E-state index < -0.39 is 0 Å². The van der Waals surface area contributed by atoms with Crippen molar-refractivity contribution < 1.29 is 4.74 Å². The van der Waals surface area contributed by atoms with Gasteiger partial charge in [-0.1, -0.05) is 31.5 Å². The molecule has 3 nitrogen and oxygen atoms in total. The second-order valence-corrected chi connectivity index (χ2v) is 5.52. The molecule has 0 saturated heterocycles. The maximum Gasteiger partial charge on any atom is 0.219 e. The first-order valence-corrected chi connectivity index (χ1v) is 7.10. The highest BCUT2D eigenvalue weighted by molar-refractivity contribution is 6.30. The smallest absolute Gasteiger partial charge is 0.219 e. The molecule has 0 aliphatic carbocycles. The average Bonchev–Trinajstić information content (AvgIpc) is 2.43. The highest BCUT2D eigenvalue weighted by atomic mass is 35.5. The van der Waals surface area contributed by atoms with Crippen molar-refractivity contribution >= 4 is 11.6 Å². The number of nitrogens with zero attached hydrogens (tertiary/aromatic N) is 1. The number of rotatable bonds is 6. The van der Waals surface area contributed by atoms with Crippen molar-refractivity contribution in [2.75, 3.05) is 6.54 Å². The van der Waals surface area contributed by atoms with Crippen LogP contribution < -0.4 is 10.1 Å². The van der Waals surface area contributed by atoms with Gasteiger partial charge in [-0.2, -0.15) is 0 Å². The summed E-state index contributed by atoms with van der Waals surface area (Å²) in [5, 5.41) is 4.07. The third kappa shape index (κ3) is 4.83. The molecule has 4 heteroatoms. The Morgan fingerprint density at radius 3 is 2.50 bits per heavy atom. The summed E-state index contributed by atoms with van der Waals surface area (Å²) in [5.74, 6) is 1.96. The van der Waals surface area contributed by atoms with Crippen molar-refractivity contribution in [3.63, 3.8) is 0 Å². The standard InChI is InChI=1S/C16H19ClN2O/c1-12(2)9-18-10-13-3-8-16(19-11-13)20-15-6-4-14(17)5-7-15/h3-8,11-12,18H,9-10H2,1-2H3. The summed E-state index contributed by atoms with van der Waals surface area (Å²) < 4.78 is 5.64. The lowest BCUT2D eigenvalue weighted by molar-refractivity contribution is 0.462. The Labute approximate surface area is 124 Å². The summed E-state index contributed by atoms with van der Waals surface area (Å²) in [6.07, 6.45) is 1.83. The fraction of sp³-hybridized carbons (Fsp3) is 0.312. The predicted octanol–water partition coefficient (Wildman–Crippen LogP) is 4.27. The van der Waals surface area contributed by atoms with Crippen LogP contribution in [0.4, 0.5) is 0 Å². The molecular formula is C16H19ClN2O. The number of hydrogen-bond donors (Lipinski definition) is 1. The minimum Gasteiger partial charge on any atom is -0.439 e. The zero-order valence-corrected chi connectivity index (χ0v) is 12.5. The van der Waals surface area contributed by atoms with Gasteiger partial charge in [0.2, 0.25) is 5.88 Å². The number of benzene rings is 1. The van der Waals surface area contributed by atoms with Gasteiger partial charge in [-0.15, -0.1) is 0 Å². The SMILES string of the molecule is CC(C)CNCc1ccc(Oc2ccc(Cl)cc2)nc1. The topological polar surface area (TPSA) is 34.1 Å². The second-order valence-electron chi connectivity index (χ2n) is 5.09. The molecular weight excluding hydrogens is 272 g/mol. The van der Waals surface area contributed by atoms with Crippen LogP contribution in [0.1, 0.15) is 19.4 Å². The molecule has 0 spiro atoms. The number of halogens is 1. The monoisotopic (exact) mass is 290 g/mol. The lowest BCUT2D eigenvalue weighted by atomic mass is 10.2. The molecule has 0 atom stereocenters. The van der Waals surface area contributed by atoms with Gasteiger partial charge in [0.15, 0.2) is 0 Å². The van der Waals surface area contributed by atoms with Crippen LogP contribution in [0.5, 0.6) is 11.6 Å². The van der Waals surface area contributed by atoms with Crippen LogP contribution in [0.25, 0.3) is 0 Å². The number of hydrogen-bond acceptors (Lipinski definition) is 3. The molecule has 0 aliphatic rings. The molecule has 1 heterocycles. The van der Waals surface area contributed by atoms with E-state index in [0.717, 1.165) is 24.4 Å². The molecule has 0 saturated carbocycles. The van der Waals surface area contributed by atoms with Gasteiger partial charge in [0.05, 0.1) is 0 Å². The first-order chi connectivity index (χ1) is 9.63. The Balaban J connectivity index is 1.89. The largest absolute Gasteiger partial charge is 0.439 e. The molecule has 1 N–H and O–H groups in total. The minimum absolute atomic E-state index is 0.583. The molecule has 0 unspecified atom stereocenters. The lowest BCUT2D eigenvalue weighted by Crippen LogP contribution is -2.18. The Morgan fingerprint density at radius 1 is 1.15 bits per heavy atom. The van der Waals surface area contributed by atoms with E-state index >= 15 is 0 Å². The van der Waals surface area contributed by atoms with Gasteiger partial charge in [0.25, 0.3) is 0 Å². The van der Waals surface area contributed by atoms with Crippen molar-refractivity contribution in [3.8, 4) is 11.6 Å². The van der Waals surface area contributed by atoms with E-state index in [1.165, 1.54) is 0 Å². The minimum atomic E-state index is 0.583. The molecule has 0 amide bonds. The van der Waals surface area contributed by atoms with Gasteiger partial charge in [-0.25, -0.2) is 4.98 Å². The van der Waals surface area contributed by atoms with Gasteiger partial charge in [0.1, 0.15) is 5.75 Å². The summed E-state index contributed by atoms with van der Waals surface area (Å²) >= 11 is 5.83. The van der Waals surface area contributed by atoms with Gasteiger partial charge in [-0.3, -0.25) is 0 Å². The van der Waals surface area contributed by atoms with Crippen LogP contribution in [0.2, 0.25) is 5.02 Å². The molecule has 0 radical (unpaired) electrons. The van der Waals surface area contributed by atoms with E-state index in [2.05, 4.69) is 24.1 Å². The van der Waals surface area contributed by atoms with E-state index in [1.807, 2.05) is 30.5 Å². The number of nitrogens with one attached hydrogen (secondary N) is 1. The summed E-state index contributed by atoms with van der Waals surface area (Å²) in [6.45, 7) is 6.21. The normalized spacial score (nSPS) is 10.8. The molecule has 0 aliphatic heterocycles. The van der Waals surface area contributed by atoms with Crippen LogP contribution in [0.3, 0.4) is 0 Å². The van der Waals surface area contributed by atoms with Crippen molar-refractivity contribution in [1.29, 1.82) is 0 Å². The Bertz CT molecular complexity index is 523. The Hall–Kier alpha value is -1.58. The molecule has 2 rings (SSSR count). The summed E-state index contributed by atoms with van der Waals surface area (Å²) in [7, 11) is 0. The molecule has 2 aromatic rings. The van der Waals surface area contributed by atoms with Crippen LogP contribution in [-0.2, 0) is 6.54 Å². The summed E-state index contributed by atoms with van der Waals surface area (Å²) in [5.41, 5.74) is 1.15. The second kappa shape index (κ2) is 7.27. The van der Waals surface area contributed by atoms with Crippen LogP contribution >= 0.6 is 11.6 Å². The summed E-state index contributed by atoms with van der Waals surface area (Å²) in [6, 6.07) is 11.1. The Kier molecular flexibility index (Phi) is 5.39. The van der Waals surface area contributed by atoms with Gasteiger partial charge < -0.3 is 10.1 Å². The molecule has 20 heavy (non-hydrogen) atoms. The molecule has 1 aromatic carbocycles. The first-order valence-electron chi connectivity index (χ1n) is 6.72. The summed E-state index contributed by atoms with van der Waals surface area (Å²) in [4.78, 5) is 4.30. The van der Waals surface area contributed by atoms with Crippen molar-refractivity contribution in [2.45, 2.75) is 20.4 Å².